The second-order valence-corrected chi connectivity index (χ2v) is 9.66. The fourth-order valence-electron chi connectivity index (χ4n) is 3.98. The van der Waals surface area contributed by atoms with Gasteiger partial charge in [-0.3, -0.25) is 4.79 Å². The summed E-state index contributed by atoms with van der Waals surface area (Å²) in [6.07, 6.45) is 3.28. The van der Waals surface area contributed by atoms with E-state index in [0.29, 0.717) is 60.3 Å². The van der Waals surface area contributed by atoms with E-state index in [1.165, 1.54) is 18.2 Å². The number of aromatic nitrogens is 5. The molecular weight excluding hydrogens is 440 g/mol. The highest BCUT2D eigenvalue weighted by atomic mass is 32.2. The Balaban J connectivity index is 1.28. The highest BCUT2D eigenvalue weighted by Gasteiger charge is 2.37. The van der Waals surface area contributed by atoms with Gasteiger partial charge in [0.25, 0.3) is 5.78 Å². The van der Waals surface area contributed by atoms with Crippen molar-refractivity contribution in [2.75, 3.05) is 29.5 Å². The minimum Gasteiger partial charge on any atom is -0.464 e. The molecule has 3 aromatic rings. The van der Waals surface area contributed by atoms with Gasteiger partial charge in [-0.25, -0.2) is 4.40 Å². The van der Waals surface area contributed by atoms with Crippen LogP contribution in [0.4, 0.5) is 11.9 Å². The highest BCUT2D eigenvalue weighted by molar-refractivity contribution is 7.99. The lowest BCUT2D eigenvalue weighted by Crippen LogP contribution is -2.33. The van der Waals surface area contributed by atoms with E-state index in [2.05, 4.69) is 43.8 Å². The first kappa shape index (κ1) is 22.0. The minimum absolute atomic E-state index is 0.0761. The molecule has 2 aliphatic carbocycles. The van der Waals surface area contributed by atoms with Gasteiger partial charge in [-0.05, 0) is 51.2 Å². The van der Waals surface area contributed by atoms with Crippen molar-refractivity contribution in [1.29, 1.82) is 0 Å². The van der Waals surface area contributed by atoms with Crippen LogP contribution in [0, 0.1) is 5.92 Å². The molecule has 2 atom stereocenters. The Bertz CT molecular complexity index is 1140. The molecule has 0 aromatic carbocycles. The summed E-state index contributed by atoms with van der Waals surface area (Å²) in [5.41, 5.74) is 0. The number of fused-ring (bicyclic) bond motifs is 1. The topological polar surface area (TPSA) is 113 Å². The van der Waals surface area contributed by atoms with E-state index in [4.69, 9.17) is 4.42 Å². The van der Waals surface area contributed by atoms with E-state index in [1.54, 1.807) is 4.40 Å². The molecule has 0 aliphatic heterocycles. The van der Waals surface area contributed by atoms with Crippen LogP contribution in [0.5, 0.6) is 0 Å². The number of rotatable bonds is 11. The molecule has 10 nitrogen and oxygen atoms in total. The van der Waals surface area contributed by atoms with Gasteiger partial charge in [0.1, 0.15) is 11.5 Å². The number of nitrogens with one attached hydrogen (secondary N) is 2. The van der Waals surface area contributed by atoms with Crippen LogP contribution in [0.15, 0.2) is 21.7 Å². The van der Waals surface area contributed by atoms with Crippen molar-refractivity contribution in [2.24, 2.45) is 5.92 Å². The fourth-order valence-corrected chi connectivity index (χ4v) is 4.79. The maximum atomic E-state index is 13.2. The van der Waals surface area contributed by atoms with Crippen LogP contribution in [-0.2, 0) is 11.3 Å². The van der Waals surface area contributed by atoms with Gasteiger partial charge in [0.15, 0.2) is 5.16 Å². The average Bonchev–Trinajstić information content (AvgIpc) is 3.68. The van der Waals surface area contributed by atoms with Crippen molar-refractivity contribution in [2.45, 2.75) is 63.7 Å². The summed E-state index contributed by atoms with van der Waals surface area (Å²) < 4.78 is 7.82. The predicted octanol–water partition coefficient (Wildman–Crippen LogP) is 3.38. The van der Waals surface area contributed by atoms with Crippen molar-refractivity contribution in [1.82, 2.24) is 29.5 Å². The van der Waals surface area contributed by atoms with E-state index >= 15 is 0 Å². The number of thioether (sulfide) groups is 1. The van der Waals surface area contributed by atoms with Gasteiger partial charge in [0, 0.05) is 25.0 Å². The number of carbonyl (C=O) groups is 1. The highest BCUT2D eigenvalue weighted by Crippen LogP contribution is 2.47. The van der Waals surface area contributed by atoms with Crippen LogP contribution >= 0.6 is 11.8 Å². The van der Waals surface area contributed by atoms with Gasteiger partial charge in [-0.2, -0.15) is 9.97 Å². The molecule has 2 fully saturated rings. The van der Waals surface area contributed by atoms with Gasteiger partial charge in [-0.15, -0.1) is 10.2 Å². The van der Waals surface area contributed by atoms with Crippen LogP contribution < -0.4 is 10.6 Å². The molecule has 0 saturated heterocycles. The molecule has 11 heteroatoms. The van der Waals surface area contributed by atoms with E-state index in [-0.39, 0.29) is 11.7 Å². The lowest BCUT2D eigenvalue weighted by molar-refractivity contribution is -0.129. The second-order valence-electron chi connectivity index (χ2n) is 8.71. The third kappa shape index (κ3) is 4.78. The van der Waals surface area contributed by atoms with Crippen molar-refractivity contribution < 1.29 is 9.21 Å². The summed E-state index contributed by atoms with van der Waals surface area (Å²) >= 11 is 1.36. The summed E-state index contributed by atoms with van der Waals surface area (Å²) in [5.74, 6) is 5.06. The summed E-state index contributed by atoms with van der Waals surface area (Å²) in [6, 6.07) is 4.38. The molecule has 0 bridgehead atoms. The number of hydrogen-bond acceptors (Lipinski definition) is 9. The molecule has 2 N–H and O–H groups in total. The van der Waals surface area contributed by atoms with Crippen molar-refractivity contribution in [3.8, 4) is 0 Å². The molecule has 1 amide bonds. The van der Waals surface area contributed by atoms with Gasteiger partial charge in [0.2, 0.25) is 17.8 Å². The monoisotopic (exact) mass is 470 g/mol. The molecule has 5 rings (SSSR count). The Morgan fingerprint density at radius 2 is 2.00 bits per heavy atom. The quantitative estimate of drug-likeness (QED) is 0.407. The lowest BCUT2D eigenvalue weighted by Gasteiger charge is -2.21. The van der Waals surface area contributed by atoms with Crippen molar-refractivity contribution >= 4 is 35.3 Å². The van der Waals surface area contributed by atoms with Gasteiger partial charge in [-0.1, -0.05) is 18.7 Å². The van der Waals surface area contributed by atoms with E-state index < -0.39 is 0 Å². The number of hydrogen-bond donors (Lipinski definition) is 2. The molecule has 2 unspecified atom stereocenters. The van der Waals surface area contributed by atoms with Crippen molar-refractivity contribution in [3.05, 3.63) is 23.7 Å². The zero-order valence-corrected chi connectivity index (χ0v) is 20.1. The Morgan fingerprint density at radius 3 is 2.70 bits per heavy atom. The maximum Gasteiger partial charge on any atom is 0.261 e. The summed E-state index contributed by atoms with van der Waals surface area (Å²) in [5, 5.41) is 15.4. The number of anilines is 2. The zero-order valence-electron chi connectivity index (χ0n) is 19.2. The van der Waals surface area contributed by atoms with Crippen molar-refractivity contribution in [3.63, 3.8) is 0 Å². The maximum absolute atomic E-state index is 13.2. The first-order chi connectivity index (χ1) is 16.1. The average molecular weight is 471 g/mol. The van der Waals surface area contributed by atoms with Gasteiger partial charge < -0.3 is 20.0 Å². The summed E-state index contributed by atoms with van der Waals surface area (Å²) in [7, 11) is 0. The second kappa shape index (κ2) is 9.20. The normalized spacial score (nSPS) is 19.6. The number of amides is 1. The molecule has 0 spiro atoms. The lowest BCUT2D eigenvalue weighted by atomic mass is 10.3. The van der Waals surface area contributed by atoms with Crippen LogP contribution in [0.2, 0.25) is 0 Å². The van der Waals surface area contributed by atoms with E-state index in [0.717, 1.165) is 24.4 Å². The molecule has 3 heterocycles. The fraction of sp³-hybridized carbons (Fsp3) is 0.591. The molecule has 33 heavy (non-hydrogen) atoms. The van der Waals surface area contributed by atoms with Gasteiger partial charge in [0.05, 0.1) is 12.3 Å². The predicted molar refractivity (Wildman–Crippen MR) is 126 cm³/mol. The molecular formula is C22H30N8O2S. The third-order valence-corrected chi connectivity index (χ3v) is 6.95. The third-order valence-electron chi connectivity index (χ3n) is 6.03. The standard InChI is InChI=1S/C22H30N8O2S/c1-4-23-19-25-20(24-5-2)30-21(26-19)27-28-22(30)33-12-18(31)29(14-6-7-14)11-15-8-9-17(32-15)16-10-13(16)3/h8-9,13-14,16H,4-7,10-12H2,1-3H3,(H2,23,24,25,26,27). The number of carbonyl (C=O) groups excluding carboxylic acids is 1. The Morgan fingerprint density at radius 1 is 1.21 bits per heavy atom. The number of furan rings is 1. The molecule has 3 aromatic heterocycles. The molecule has 2 saturated carbocycles. The zero-order chi connectivity index (χ0) is 22.9. The Hall–Kier alpha value is -2.82. The van der Waals surface area contributed by atoms with Crippen LogP contribution in [0.1, 0.15) is 57.5 Å². The first-order valence-corrected chi connectivity index (χ1v) is 12.7. The van der Waals surface area contributed by atoms with E-state index in [1.807, 2.05) is 24.8 Å². The SMILES string of the molecule is CCNc1nc(NCC)n2c(SCC(=O)N(Cc3ccc(C4CC4C)o3)C3CC3)nnc2n1. The Labute approximate surface area is 196 Å². The van der Waals surface area contributed by atoms with Crippen LogP contribution in [-0.4, -0.2) is 60.3 Å². The summed E-state index contributed by atoms with van der Waals surface area (Å²) in [4.78, 5) is 24.1. The first-order valence-electron chi connectivity index (χ1n) is 11.7. The van der Waals surface area contributed by atoms with Crippen LogP contribution in [0.25, 0.3) is 5.78 Å². The molecule has 0 radical (unpaired) electrons. The van der Waals surface area contributed by atoms with E-state index in [9.17, 15) is 4.79 Å². The molecule has 2 aliphatic rings. The summed E-state index contributed by atoms with van der Waals surface area (Å²) in [6.45, 7) is 8.15. The minimum atomic E-state index is 0.0761. The van der Waals surface area contributed by atoms with Crippen LogP contribution in [0.3, 0.4) is 0 Å². The smallest absolute Gasteiger partial charge is 0.261 e. The number of nitrogens with zero attached hydrogens (tertiary/aromatic N) is 6. The molecule has 176 valence electrons. The Kier molecular flexibility index (Phi) is 6.13. The largest absolute Gasteiger partial charge is 0.464 e. The van der Waals surface area contributed by atoms with Gasteiger partial charge >= 0.3 is 0 Å².